The molecule has 1 aromatic carbocycles. The number of ether oxygens (including phenoxy) is 1. The van der Waals surface area contributed by atoms with Crippen molar-refractivity contribution in [3.8, 4) is 5.75 Å². The first-order valence-electron chi connectivity index (χ1n) is 7.42. The zero-order valence-corrected chi connectivity index (χ0v) is 13.7. The van der Waals surface area contributed by atoms with Crippen molar-refractivity contribution >= 4 is 29.1 Å². The molecule has 0 unspecified atom stereocenters. The summed E-state index contributed by atoms with van der Waals surface area (Å²) in [5, 5.41) is 0.442. The number of hydrogen-bond acceptors (Lipinski definition) is 3. The van der Waals surface area contributed by atoms with Gasteiger partial charge in [0.05, 0.1) is 12.1 Å². The summed E-state index contributed by atoms with van der Waals surface area (Å²) < 4.78 is 5.11. The first-order chi connectivity index (χ1) is 10.5. The average Bonchev–Trinajstić information content (AvgIpc) is 3.01. The van der Waals surface area contributed by atoms with Crippen LogP contribution in [0.5, 0.6) is 5.75 Å². The van der Waals surface area contributed by atoms with Gasteiger partial charge in [0.25, 0.3) is 0 Å². The van der Waals surface area contributed by atoms with Gasteiger partial charge in [-0.1, -0.05) is 11.6 Å². The minimum atomic E-state index is -0.115. The van der Waals surface area contributed by atoms with Crippen molar-refractivity contribution in [3.63, 3.8) is 0 Å². The summed E-state index contributed by atoms with van der Waals surface area (Å²) in [6, 6.07) is 5.17. The fourth-order valence-corrected chi connectivity index (χ4v) is 2.88. The van der Waals surface area contributed by atoms with Gasteiger partial charge in [-0.15, -0.1) is 0 Å². The third-order valence-electron chi connectivity index (χ3n) is 3.84. The van der Waals surface area contributed by atoms with Crippen molar-refractivity contribution in [1.29, 1.82) is 0 Å². The number of carbonyl (C=O) groups is 2. The molecule has 6 heteroatoms. The molecule has 120 valence electrons. The monoisotopic (exact) mass is 324 g/mol. The summed E-state index contributed by atoms with van der Waals surface area (Å²) in [5.41, 5.74) is 0.674. The summed E-state index contributed by atoms with van der Waals surface area (Å²) in [6.45, 7) is 3.49. The molecule has 0 saturated carbocycles. The topological polar surface area (TPSA) is 49.9 Å². The van der Waals surface area contributed by atoms with Gasteiger partial charge in [-0.3, -0.25) is 9.59 Å². The molecule has 1 heterocycles. The Morgan fingerprint density at radius 1 is 1.32 bits per heavy atom. The molecule has 1 aliphatic rings. The van der Waals surface area contributed by atoms with Crippen LogP contribution in [-0.4, -0.2) is 43.5 Å². The lowest BCUT2D eigenvalue weighted by Crippen LogP contribution is -2.35. The molecule has 0 atom stereocenters. The number of methoxy groups -OCH3 is 1. The number of nitrogens with zero attached hydrogens (tertiary/aromatic N) is 2. The molecule has 1 fully saturated rings. The molecule has 0 spiro atoms. The zero-order chi connectivity index (χ0) is 16.1. The first kappa shape index (κ1) is 16.6. The maximum absolute atomic E-state index is 12.1. The third-order valence-corrected chi connectivity index (χ3v) is 4.13. The predicted molar refractivity (Wildman–Crippen MR) is 86.5 cm³/mol. The second-order valence-electron chi connectivity index (χ2n) is 5.33. The van der Waals surface area contributed by atoms with Crippen LogP contribution in [0.2, 0.25) is 5.02 Å². The van der Waals surface area contributed by atoms with Crippen LogP contribution >= 0.6 is 11.6 Å². The van der Waals surface area contributed by atoms with E-state index in [1.807, 2.05) is 4.90 Å². The van der Waals surface area contributed by atoms with Gasteiger partial charge in [0.2, 0.25) is 11.8 Å². The predicted octanol–water partition coefficient (Wildman–Crippen LogP) is 2.71. The summed E-state index contributed by atoms with van der Waals surface area (Å²) in [4.78, 5) is 27.4. The summed E-state index contributed by atoms with van der Waals surface area (Å²) >= 11 is 6.11. The molecular weight excluding hydrogens is 304 g/mol. The van der Waals surface area contributed by atoms with Gasteiger partial charge in [0, 0.05) is 38.7 Å². The number of anilines is 1. The number of hydrogen-bond donors (Lipinski definition) is 0. The van der Waals surface area contributed by atoms with Crippen molar-refractivity contribution in [2.75, 3.05) is 31.6 Å². The Labute approximate surface area is 135 Å². The molecule has 0 bridgehead atoms. The van der Waals surface area contributed by atoms with E-state index in [4.69, 9.17) is 16.3 Å². The number of amides is 2. The summed E-state index contributed by atoms with van der Waals surface area (Å²) in [5.74, 6) is 0.542. The first-order valence-corrected chi connectivity index (χ1v) is 7.80. The van der Waals surface area contributed by atoms with E-state index in [0.717, 1.165) is 25.9 Å². The second-order valence-corrected chi connectivity index (χ2v) is 5.73. The van der Waals surface area contributed by atoms with Crippen molar-refractivity contribution in [3.05, 3.63) is 23.2 Å². The fourth-order valence-electron chi connectivity index (χ4n) is 2.62. The number of carbonyl (C=O) groups excluding carboxylic acids is 2. The van der Waals surface area contributed by atoms with Crippen LogP contribution in [-0.2, 0) is 9.59 Å². The van der Waals surface area contributed by atoms with E-state index in [2.05, 4.69) is 0 Å². The molecular formula is C16H21ClN2O3. The third kappa shape index (κ3) is 3.91. The molecule has 2 rings (SSSR count). The highest BCUT2D eigenvalue weighted by molar-refractivity contribution is 6.32. The number of benzene rings is 1. The van der Waals surface area contributed by atoms with Crippen molar-refractivity contribution < 1.29 is 14.3 Å². The molecule has 1 saturated heterocycles. The van der Waals surface area contributed by atoms with Crippen LogP contribution in [0, 0.1) is 0 Å². The van der Waals surface area contributed by atoms with Gasteiger partial charge in [0.15, 0.2) is 0 Å². The highest BCUT2D eigenvalue weighted by Crippen LogP contribution is 2.29. The highest BCUT2D eigenvalue weighted by Gasteiger charge is 2.20. The largest absolute Gasteiger partial charge is 0.495 e. The normalized spacial score (nSPS) is 14.0. The van der Waals surface area contributed by atoms with Crippen molar-refractivity contribution in [1.82, 2.24) is 4.90 Å². The van der Waals surface area contributed by atoms with Crippen molar-refractivity contribution in [2.24, 2.45) is 0 Å². The smallest absolute Gasteiger partial charge is 0.224 e. The Balaban J connectivity index is 2.04. The molecule has 0 aromatic heterocycles. The maximum Gasteiger partial charge on any atom is 0.224 e. The number of halogens is 1. The lowest BCUT2D eigenvalue weighted by molar-refractivity contribution is -0.129. The van der Waals surface area contributed by atoms with E-state index in [1.165, 1.54) is 6.92 Å². The van der Waals surface area contributed by atoms with Crippen LogP contribution in [0.25, 0.3) is 0 Å². The Hall–Kier alpha value is -1.75. The lowest BCUT2D eigenvalue weighted by atomic mass is 10.2. The van der Waals surface area contributed by atoms with Gasteiger partial charge in [0.1, 0.15) is 5.75 Å². The minimum Gasteiger partial charge on any atom is -0.495 e. The Kier molecular flexibility index (Phi) is 5.66. The quantitative estimate of drug-likeness (QED) is 0.836. The second kappa shape index (κ2) is 7.49. The van der Waals surface area contributed by atoms with Crippen LogP contribution in [0.15, 0.2) is 18.2 Å². The fraction of sp³-hybridized carbons (Fsp3) is 0.500. The molecule has 0 radical (unpaired) electrons. The SMILES string of the molecule is COc1ccc(N(CCC(=O)N2CCCC2)C(C)=O)cc1Cl. The number of likely N-dealkylation sites (tertiary alicyclic amines) is 1. The molecule has 0 aliphatic carbocycles. The van der Waals surface area contributed by atoms with Crippen LogP contribution < -0.4 is 9.64 Å². The van der Waals surface area contributed by atoms with E-state index in [9.17, 15) is 9.59 Å². The van der Waals surface area contributed by atoms with Gasteiger partial charge >= 0.3 is 0 Å². The van der Waals surface area contributed by atoms with Crippen LogP contribution in [0.1, 0.15) is 26.2 Å². The molecule has 2 amide bonds. The van der Waals surface area contributed by atoms with E-state index in [-0.39, 0.29) is 11.8 Å². The maximum atomic E-state index is 12.1. The standard InChI is InChI=1S/C16H21ClN2O3/c1-12(20)19(10-7-16(21)18-8-3-4-9-18)13-5-6-15(22-2)14(17)11-13/h5-6,11H,3-4,7-10H2,1-2H3. The average molecular weight is 325 g/mol. The van der Waals surface area contributed by atoms with Gasteiger partial charge in [-0.2, -0.15) is 0 Å². The summed E-state index contributed by atoms with van der Waals surface area (Å²) in [7, 11) is 1.54. The molecule has 1 aromatic rings. The van der Waals surface area contributed by atoms with E-state index in [1.54, 1.807) is 30.2 Å². The van der Waals surface area contributed by atoms with Crippen LogP contribution in [0.3, 0.4) is 0 Å². The van der Waals surface area contributed by atoms with Gasteiger partial charge < -0.3 is 14.5 Å². The Bertz CT molecular complexity index is 556. The number of rotatable bonds is 5. The van der Waals surface area contributed by atoms with Crippen molar-refractivity contribution in [2.45, 2.75) is 26.2 Å². The molecule has 0 N–H and O–H groups in total. The Morgan fingerprint density at radius 2 is 2.00 bits per heavy atom. The Morgan fingerprint density at radius 3 is 2.55 bits per heavy atom. The molecule has 22 heavy (non-hydrogen) atoms. The lowest BCUT2D eigenvalue weighted by Gasteiger charge is -2.23. The van der Waals surface area contributed by atoms with Gasteiger partial charge in [-0.25, -0.2) is 0 Å². The molecule has 5 nitrogen and oxygen atoms in total. The minimum absolute atomic E-state index is 0.100. The zero-order valence-electron chi connectivity index (χ0n) is 13.0. The van der Waals surface area contributed by atoms with E-state index in [0.29, 0.717) is 29.4 Å². The van der Waals surface area contributed by atoms with E-state index < -0.39 is 0 Å². The van der Waals surface area contributed by atoms with Crippen LogP contribution in [0.4, 0.5) is 5.69 Å². The highest BCUT2D eigenvalue weighted by atomic mass is 35.5. The summed E-state index contributed by atoms with van der Waals surface area (Å²) in [6.07, 6.45) is 2.45. The van der Waals surface area contributed by atoms with Gasteiger partial charge in [-0.05, 0) is 31.0 Å². The van der Waals surface area contributed by atoms with E-state index >= 15 is 0 Å². The molecule has 1 aliphatic heterocycles.